The predicted molar refractivity (Wildman–Crippen MR) is 78.7 cm³/mol. The summed E-state index contributed by atoms with van der Waals surface area (Å²) in [4.78, 5) is 25.8. The summed E-state index contributed by atoms with van der Waals surface area (Å²) < 4.78 is 12.8. The van der Waals surface area contributed by atoms with Crippen LogP contribution in [0.5, 0.6) is 0 Å². The Balaban J connectivity index is 1.90. The fraction of sp³-hybridized carbons (Fsp3) is 0.467. The number of hydrogen-bond donors (Lipinski definition) is 1. The minimum absolute atomic E-state index is 0.116. The van der Waals surface area contributed by atoms with E-state index < -0.39 is 12.0 Å². The van der Waals surface area contributed by atoms with Gasteiger partial charge in [0.15, 0.2) is 0 Å². The molecular weight excluding hydrogens is 293 g/mol. The summed E-state index contributed by atoms with van der Waals surface area (Å²) in [5.74, 6) is -1.05. The normalized spacial score (nSPS) is 19.5. The van der Waals surface area contributed by atoms with Crippen molar-refractivity contribution in [2.75, 3.05) is 12.3 Å². The van der Waals surface area contributed by atoms with Crippen LogP contribution in [0.2, 0.25) is 0 Å². The first-order chi connectivity index (χ1) is 9.99. The van der Waals surface area contributed by atoms with E-state index in [2.05, 4.69) is 0 Å². The van der Waals surface area contributed by atoms with Crippen LogP contribution in [-0.4, -0.2) is 40.2 Å². The number of hydrogen-bond acceptors (Lipinski definition) is 3. The van der Waals surface area contributed by atoms with Crippen LogP contribution in [0, 0.1) is 11.7 Å². The lowest BCUT2D eigenvalue weighted by Crippen LogP contribution is -2.43. The Labute approximate surface area is 127 Å². The Morgan fingerprint density at radius 3 is 2.71 bits per heavy atom. The molecule has 1 unspecified atom stereocenters. The maximum atomic E-state index is 12.8. The van der Waals surface area contributed by atoms with E-state index in [0.717, 1.165) is 11.3 Å². The average molecular weight is 311 g/mol. The number of carbonyl (C=O) groups is 2. The molecule has 0 aromatic heterocycles. The zero-order valence-electron chi connectivity index (χ0n) is 11.8. The van der Waals surface area contributed by atoms with Crippen LogP contribution in [0.25, 0.3) is 0 Å². The van der Waals surface area contributed by atoms with Crippen molar-refractivity contribution in [2.45, 2.75) is 30.7 Å². The van der Waals surface area contributed by atoms with Crippen molar-refractivity contribution >= 4 is 23.6 Å². The molecule has 2 rings (SSSR count). The Morgan fingerprint density at radius 1 is 1.43 bits per heavy atom. The van der Waals surface area contributed by atoms with Gasteiger partial charge in [0.2, 0.25) is 5.91 Å². The summed E-state index contributed by atoms with van der Waals surface area (Å²) >= 11 is 1.47. The molecule has 1 heterocycles. The highest BCUT2D eigenvalue weighted by Crippen LogP contribution is 2.25. The molecule has 0 aliphatic carbocycles. The molecule has 6 heteroatoms. The van der Waals surface area contributed by atoms with Crippen molar-refractivity contribution in [3.8, 4) is 0 Å². The number of aliphatic carboxylic acids is 1. The molecule has 1 saturated heterocycles. The molecule has 0 bridgehead atoms. The van der Waals surface area contributed by atoms with E-state index in [0.29, 0.717) is 18.7 Å². The van der Waals surface area contributed by atoms with Gasteiger partial charge in [-0.1, -0.05) is 6.92 Å². The zero-order chi connectivity index (χ0) is 15.4. The van der Waals surface area contributed by atoms with E-state index in [1.54, 1.807) is 19.1 Å². The molecule has 1 N–H and O–H groups in total. The number of carbonyl (C=O) groups excluding carboxylic acids is 1. The third kappa shape index (κ3) is 3.97. The standard InChI is InChI=1S/C15H18FNO3S/c1-10(9-21-12-6-4-11(16)5-7-12)14(18)17-8-2-3-13(17)15(19)20/h4-7,10,13H,2-3,8-9H2,1H3,(H,19,20)/t10?,13-/m1/s1. The number of halogens is 1. The van der Waals surface area contributed by atoms with E-state index in [-0.39, 0.29) is 17.6 Å². The fourth-order valence-electron chi connectivity index (χ4n) is 2.39. The molecule has 4 nitrogen and oxygen atoms in total. The fourth-order valence-corrected chi connectivity index (χ4v) is 3.31. The number of carboxylic acids is 1. The smallest absolute Gasteiger partial charge is 0.326 e. The van der Waals surface area contributed by atoms with Gasteiger partial charge in [0.25, 0.3) is 0 Å². The van der Waals surface area contributed by atoms with E-state index >= 15 is 0 Å². The molecule has 114 valence electrons. The minimum atomic E-state index is -0.931. The topological polar surface area (TPSA) is 57.6 Å². The molecule has 2 atom stereocenters. The van der Waals surface area contributed by atoms with Crippen molar-refractivity contribution < 1.29 is 19.1 Å². The number of carboxylic acid groups (broad SMARTS) is 1. The number of likely N-dealkylation sites (tertiary alicyclic amines) is 1. The number of amides is 1. The number of benzene rings is 1. The average Bonchev–Trinajstić information content (AvgIpc) is 2.95. The van der Waals surface area contributed by atoms with Gasteiger partial charge in [-0.15, -0.1) is 11.8 Å². The molecular formula is C15H18FNO3S. The Morgan fingerprint density at radius 2 is 2.10 bits per heavy atom. The van der Waals surface area contributed by atoms with Gasteiger partial charge in [-0.2, -0.15) is 0 Å². The molecule has 0 spiro atoms. The Bertz CT molecular complexity index is 520. The number of nitrogens with zero attached hydrogens (tertiary/aromatic N) is 1. The highest BCUT2D eigenvalue weighted by atomic mass is 32.2. The van der Waals surface area contributed by atoms with Crippen LogP contribution in [-0.2, 0) is 9.59 Å². The maximum Gasteiger partial charge on any atom is 0.326 e. The Hall–Kier alpha value is -1.56. The SMILES string of the molecule is CC(CSc1ccc(F)cc1)C(=O)N1CCC[C@@H]1C(=O)O. The zero-order valence-corrected chi connectivity index (χ0v) is 12.6. The van der Waals surface area contributed by atoms with Crippen molar-refractivity contribution in [3.63, 3.8) is 0 Å². The van der Waals surface area contributed by atoms with E-state index in [4.69, 9.17) is 5.11 Å². The van der Waals surface area contributed by atoms with Crippen molar-refractivity contribution in [3.05, 3.63) is 30.1 Å². The molecule has 1 aliphatic heterocycles. The van der Waals surface area contributed by atoms with Gasteiger partial charge in [0.1, 0.15) is 11.9 Å². The summed E-state index contributed by atoms with van der Waals surface area (Å²) in [5, 5.41) is 9.11. The molecule has 1 amide bonds. The van der Waals surface area contributed by atoms with Gasteiger partial charge in [-0.25, -0.2) is 9.18 Å². The summed E-state index contributed by atoms with van der Waals surface area (Å²) in [5.41, 5.74) is 0. The minimum Gasteiger partial charge on any atom is -0.480 e. The van der Waals surface area contributed by atoms with Crippen molar-refractivity contribution in [1.82, 2.24) is 4.90 Å². The predicted octanol–water partition coefficient (Wildman–Crippen LogP) is 2.63. The van der Waals surface area contributed by atoms with Gasteiger partial charge in [0.05, 0.1) is 0 Å². The first-order valence-corrected chi connectivity index (χ1v) is 7.89. The second-order valence-corrected chi connectivity index (χ2v) is 6.29. The van der Waals surface area contributed by atoms with Crippen LogP contribution in [0.1, 0.15) is 19.8 Å². The van der Waals surface area contributed by atoms with E-state index in [1.165, 1.54) is 28.8 Å². The lowest BCUT2D eigenvalue weighted by molar-refractivity contribution is -0.149. The number of rotatable bonds is 5. The number of thioether (sulfide) groups is 1. The molecule has 0 saturated carbocycles. The summed E-state index contributed by atoms with van der Waals surface area (Å²) in [7, 11) is 0. The second-order valence-electron chi connectivity index (χ2n) is 5.19. The summed E-state index contributed by atoms with van der Waals surface area (Å²) in [6, 6.07) is 5.43. The van der Waals surface area contributed by atoms with Crippen molar-refractivity contribution in [2.24, 2.45) is 5.92 Å². The van der Waals surface area contributed by atoms with Crippen LogP contribution in [0.4, 0.5) is 4.39 Å². The van der Waals surface area contributed by atoms with E-state index in [9.17, 15) is 14.0 Å². The monoisotopic (exact) mass is 311 g/mol. The molecule has 21 heavy (non-hydrogen) atoms. The van der Waals surface area contributed by atoms with Crippen LogP contribution < -0.4 is 0 Å². The molecule has 1 aromatic rings. The first kappa shape index (κ1) is 15.8. The highest BCUT2D eigenvalue weighted by molar-refractivity contribution is 7.99. The second kappa shape index (κ2) is 6.93. The third-order valence-electron chi connectivity index (χ3n) is 3.56. The molecule has 0 radical (unpaired) electrons. The molecule has 1 aliphatic rings. The van der Waals surface area contributed by atoms with Gasteiger partial charge < -0.3 is 10.0 Å². The molecule has 1 aromatic carbocycles. The largest absolute Gasteiger partial charge is 0.480 e. The summed E-state index contributed by atoms with van der Waals surface area (Å²) in [6.07, 6.45) is 1.26. The lowest BCUT2D eigenvalue weighted by Gasteiger charge is -2.24. The van der Waals surface area contributed by atoms with Crippen LogP contribution >= 0.6 is 11.8 Å². The van der Waals surface area contributed by atoms with Crippen molar-refractivity contribution in [1.29, 1.82) is 0 Å². The van der Waals surface area contributed by atoms with Gasteiger partial charge in [-0.05, 0) is 37.1 Å². The quantitative estimate of drug-likeness (QED) is 0.849. The van der Waals surface area contributed by atoms with Gasteiger partial charge >= 0.3 is 5.97 Å². The Kier molecular flexibility index (Phi) is 5.22. The summed E-state index contributed by atoms with van der Waals surface area (Å²) in [6.45, 7) is 2.32. The van der Waals surface area contributed by atoms with Crippen LogP contribution in [0.15, 0.2) is 29.2 Å². The van der Waals surface area contributed by atoms with Crippen LogP contribution in [0.3, 0.4) is 0 Å². The third-order valence-corrected chi connectivity index (χ3v) is 4.83. The molecule has 1 fully saturated rings. The van der Waals surface area contributed by atoms with Gasteiger partial charge in [-0.3, -0.25) is 4.79 Å². The lowest BCUT2D eigenvalue weighted by atomic mass is 10.1. The first-order valence-electron chi connectivity index (χ1n) is 6.90. The highest BCUT2D eigenvalue weighted by Gasteiger charge is 2.35. The van der Waals surface area contributed by atoms with Gasteiger partial charge in [0, 0.05) is 23.1 Å². The van der Waals surface area contributed by atoms with E-state index in [1.807, 2.05) is 0 Å². The maximum absolute atomic E-state index is 12.8.